The molecule has 1 heterocycles. The van der Waals surface area contributed by atoms with Gasteiger partial charge in [-0.15, -0.1) is 13.2 Å². The Kier molecular flexibility index (Phi) is 6.84. The number of methoxy groups -OCH3 is 1. The molecule has 2 unspecified atom stereocenters. The monoisotopic (exact) mass is 374 g/mol. The first-order chi connectivity index (χ1) is 12.3. The molecular weight excluding hydrogens is 353 g/mol. The lowest BCUT2D eigenvalue weighted by atomic mass is 10.0. The largest absolute Gasteiger partial charge is 0.573 e. The van der Waals surface area contributed by atoms with Gasteiger partial charge in [0.15, 0.2) is 0 Å². The second kappa shape index (κ2) is 8.88. The summed E-state index contributed by atoms with van der Waals surface area (Å²) in [6.07, 6.45) is -2.73. The van der Waals surface area contributed by atoms with Gasteiger partial charge in [-0.1, -0.05) is 12.1 Å². The van der Waals surface area contributed by atoms with Gasteiger partial charge in [-0.25, -0.2) is 0 Å². The van der Waals surface area contributed by atoms with Gasteiger partial charge in [-0.3, -0.25) is 9.59 Å². The lowest BCUT2D eigenvalue weighted by molar-refractivity contribution is -0.274. The molecule has 2 atom stereocenters. The zero-order chi connectivity index (χ0) is 19.2. The van der Waals surface area contributed by atoms with Crippen molar-refractivity contribution in [2.24, 2.45) is 0 Å². The molecular formula is C17H21F3N2O4. The van der Waals surface area contributed by atoms with Gasteiger partial charge in [0.25, 0.3) is 0 Å². The Bertz CT molecular complexity index is 613. The lowest BCUT2D eigenvalue weighted by Crippen LogP contribution is -2.35. The highest BCUT2D eigenvalue weighted by molar-refractivity contribution is 5.78. The van der Waals surface area contributed by atoms with E-state index < -0.39 is 18.4 Å². The van der Waals surface area contributed by atoms with E-state index in [-0.39, 0.29) is 30.5 Å². The normalized spacial score (nSPS) is 18.2. The van der Waals surface area contributed by atoms with Crippen molar-refractivity contribution in [1.29, 1.82) is 0 Å². The molecule has 1 aromatic carbocycles. The van der Waals surface area contributed by atoms with Crippen LogP contribution in [-0.4, -0.2) is 37.9 Å². The average Bonchev–Trinajstić information content (AvgIpc) is 3.06. The molecule has 1 aliphatic rings. The second-order valence-corrected chi connectivity index (χ2v) is 6.01. The van der Waals surface area contributed by atoms with E-state index in [0.29, 0.717) is 5.56 Å². The van der Waals surface area contributed by atoms with E-state index in [9.17, 15) is 22.8 Å². The van der Waals surface area contributed by atoms with Crippen molar-refractivity contribution in [2.45, 2.75) is 44.1 Å². The van der Waals surface area contributed by atoms with Gasteiger partial charge >= 0.3 is 12.3 Å². The molecule has 0 aliphatic carbocycles. The summed E-state index contributed by atoms with van der Waals surface area (Å²) < 4.78 is 45.2. The number of hydrogen-bond acceptors (Lipinski definition) is 5. The Labute approximate surface area is 149 Å². The van der Waals surface area contributed by atoms with Crippen LogP contribution < -0.4 is 15.4 Å². The van der Waals surface area contributed by atoms with E-state index >= 15 is 0 Å². The molecule has 0 aromatic heterocycles. The maximum Gasteiger partial charge on any atom is 0.573 e. The number of esters is 1. The topological polar surface area (TPSA) is 76.7 Å². The van der Waals surface area contributed by atoms with Gasteiger partial charge in [0, 0.05) is 12.5 Å². The van der Waals surface area contributed by atoms with Crippen LogP contribution in [0, 0.1) is 0 Å². The van der Waals surface area contributed by atoms with Crippen LogP contribution in [0.15, 0.2) is 24.3 Å². The van der Waals surface area contributed by atoms with Gasteiger partial charge in [-0.2, -0.15) is 0 Å². The predicted octanol–water partition coefficient (Wildman–Crippen LogP) is 2.45. The van der Waals surface area contributed by atoms with Crippen LogP contribution in [0.2, 0.25) is 0 Å². The van der Waals surface area contributed by atoms with Gasteiger partial charge in [0.1, 0.15) is 5.75 Å². The lowest BCUT2D eigenvalue weighted by Gasteiger charge is -2.20. The molecule has 1 fully saturated rings. The minimum Gasteiger partial charge on any atom is -0.469 e. The first kappa shape index (κ1) is 20.0. The molecule has 0 bridgehead atoms. The van der Waals surface area contributed by atoms with Crippen molar-refractivity contribution in [3.63, 3.8) is 0 Å². The van der Waals surface area contributed by atoms with Crippen LogP contribution in [0.3, 0.4) is 0 Å². The SMILES string of the molecule is COC(=O)CC(NC(=O)CC1CCCN1)c1ccc(OC(F)(F)F)cc1. The summed E-state index contributed by atoms with van der Waals surface area (Å²) in [7, 11) is 1.23. The van der Waals surface area contributed by atoms with E-state index in [1.807, 2.05) is 0 Å². The Morgan fingerprint density at radius 2 is 2.00 bits per heavy atom. The molecule has 2 rings (SSSR count). The zero-order valence-corrected chi connectivity index (χ0v) is 14.3. The fourth-order valence-electron chi connectivity index (χ4n) is 2.81. The van der Waals surface area contributed by atoms with Gasteiger partial charge in [-0.05, 0) is 37.1 Å². The molecule has 0 spiro atoms. The molecule has 6 nitrogen and oxygen atoms in total. The number of hydrogen-bond donors (Lipinski definition) is 2. The highest BCUT2D eigenvalue weighted by Crippen LogP contribution is 2.26. The van der Waals surface area contributed by atoms with Crippen LogP contribution in [0.4, 0.5) is 13.2 Å². The second-order valence-electron chi connectivity index (χ2n) is 6.01. The van der Waals surface area contributed by atoms with Crippen molar-refractivity contribution >= 4 is 11.9 Å². The Balaban J connectivity index is 2.05. The first-order valence-electron chi connectivity index (χ1n) is 8.22. The quantitative estimate of drug-likeness (QED) is 0.717. The number of ether oxygens (including phenoxy) is 2. The summed E-state index contributed by atoms with van der Waals surface area (Å²) in [4.78, 5) is 23.8. The predicted molar refractivity (Wildman–Crippen MR) is 86.3 cm³/mol. The van der Waals surface area contributed by atoms with Crippen molar-refractivity contribution in [2.75, 3.05) is 13.7 Å². The fourth-order valence-corrected chi connectivity index (χ4v) is 2.81. The van der Waals surface area contributed by atoms with E-state index in [1.54, 1.807) is 0 Å². The van der Waals surface area contributed by atoms with E-state index in [1.165, 1.54) is 19.2 Å². The van der Waals surface area contributed by atoms with Crippen LogP contribution in [0.25, 0.3) is 0 Å². The zero-order valence-electron chi connectivity index (χ0n) is 14.3. The van der Waals surface area contributed by atoms with Crippen molar-refractivity contribution in [3.05, 3.63) is 29.8 Å². The molecule has 1 amide bonds. The average molecular weight is 374 g/mol. The molecule has 0 saturated carbocycles. The highest BCUT2D eigenvalue weighted by Gasteiger charge is 2.31. The molecule has 1 aromatic rings. The molecule has 26 heavy (non-hydrogen) atoms. The first-order valence-corrected chi connectivity index (χ1v) is 8.22. The molecule has 1 aliphatic heterocycles. The van der Waals surface area contributed by atoms with Crippen LogP contribution in [-0.2, 0) is 14.3 Å². The highest BCUT2D eigenvalue weighted by atomic mass is 19.4. The number of halogens is 3. The molecule has 9 heteroatoms. The maximum atomic E-state index is 12.2. The molecule has 0 radical (unpaired) electrons. The number of alkyl halides is 3. The van der Waals surface area contributed by atoms with Gasteiger partial charge < -0.3 is 20.1 Å². The third-order valence-electron chi connectivity index (χ3n) is 4.04. The summed E-state index contributed by atoms with van der Waals surface area (Å²) >= 11 is 0. The third kappa shape index (κ3) is 6.55. The van der Waals surface area contributed by atoms with Crippen LogP contribution in [0.1, 0.15) is 37.3 Å². The summed E-state index contributed by atoms with van der Waals surface area (Å²) in [6.45, 7) is 0.865. The Hall–Kier alpha value is -2.29. The Morgan fingerprint density at radius 3 is 2.54 bits per heavy atom. The van der Waals surface area contributed by atoms with Crippen molar-refractivity contribution in [3.8, 4) is 5.75 Å². The number of amides is 1. The minimum atomic E-state index is -4.78. The van der Waals surface area contributed by atoms with E-state index in [2.05, 4.69) is 20.1 Å². The number of carbonyl (C=O) groups excluding carboxylic acids is 2. The number of rotatable bonds is 7. The Morgan fingerprint density at radius 1 is 1.31 bits per heavy atom. The summed E-state index contributed by atoms with van der Waals surface area (Å²) in [5, 5.41) is 5.96. The standard InChI is InChI=1S/C17H21F3N2O4/c1-25-16(24)10-14(22-15(23)9-12-3-2-8-21-12)11-4-6-13(7-5-11)26-17(18,19)20/h4-7,12,14,21H,2-3,8-10H2,1H3,(H,22,23). The van der Waals surface area contributed by atoms with Gasteiger partial charge in [0.2, 0.25) is 5.91 Å². The van der Waals surface area contributed by atoms with Gasteiger partial charge in [0.05, 0.1) is 19.6 Å². The summed E-state index contributed by atoms with van der Waals surface area (Å²) in [5.74, 6) is -1.15. The molecule has 144 valence electrons. The smallest absolute Gasteiger partial charge is 0.469 e. The van der Waals surface area contributed by atoms with Crippen LogP contribution >= 0.6 is 0 Å². The number of carbonyl (C=O) groups is 2. The molecule has 1 saturated heterocycles. The minimum absolute atomic E-state index is 0.0938. The summed E-state index contributed by atoms with van der Waals surface area (Å²) in [6, 6.07) is 4.42. The van der Waals surface area contributed by atoms with E-state index in [0.717, 1.165) is 31.5 Å². The van der Waals surface area contributed by atoms with E-state index in [4.69, 9.17) is 0 Å². The molecule has 2 N–H and O–H groups in total. The number of benzene rings is 1. The fraction of sp³-hybridized carbons (Fsp3) is 0.529. The van der Waals surface area contributed by atoms with Crippen molar-refractivity contribution < 1.29 is 32.2 Å². The maximum absolute atomic E-state index is 12.2. The van der Waals surface area contributed by atoms with Crippen LogP contribution in [0.5, 0.6) is 5.75 Å². The van der Waals surface area contributed by atoms with Crippen molar-refractivity contribution in [1.82, 2.24) is 10.6 Å². The number of nitrogens with one attached hydrogen (secondary N) is 2. The third-order valence-corrected chi connectivity index (χ3v) is 4.04. The summed E-state index contributed by atoms with van der Waals surface area (Å²) in [5.41, 5.74) is 0.484.